The largest absolute Gasteiger partial charge is 0.507 e. The van der Waals surface area contributed by atoms with Gasteiger partial charge in [-0.05, 0) is 55.8 Å². The number of nitrogens with zero attached hydrogens (tertiary/aromatic N) is 2. The van der Waals surface area contributed by atoms with Crippen LogP contribution < -0.4 is 4.74 Å². The molecule has 0 spiro atoms. The van der Waals surface area contributed by atoms with E-state index in [1.807, 2.05) is 6.07 Å². The maximum Gasteiger partial charge on any atom is 0.132 e. The minimum atomic E-state index is -0.505. The fourth-order valence-corrected chi connectivity index (χ4v) is 3.45. The average Bonchev–Trinajstić information content (AvgIpc) is 2.61. The zero-order chi connectivity index (χ0) is 19.8. The van der Waals surface area contributed by atoms with Gasteiger partial charge >= 0.3 is 0 Å². The number of rotatable bonds is 4. The van der Waals surface area contributed by atoms with Crippen molar-refractivity contribution < 1.29 is 9.84 Å². The highest BCUT2D eigenvalue weighted by atomic mass is 16.5. The predicted molar refractivity (Wildman–Crippen MR) is 113 cm³/mol. The van der Waals surface area contributed by atoms with Crippen LogP contribution >= 0.6 is 0 Å². The van der Waals surface area contributed by atoms with Crippen molar-refractivity contribution in [1.29, 1.82) is 0 Å². The number of phenols is 1. The molecule has 0 amide bonds. The highest BCUT2D eigenvalue weighted by Crippen LogP contribution is 2.50. The van der Waals surface area contributed by atoms with E-state index in [0.717, 1.165) is 22.3 Å². The standard InChI is InChI=1S/C23H26N2O2/c1-14(2)15-7-8-17-18(11-15)23(3,4)27-21-13-16(12-20(26)22(17)21)19(25-6)9-10-24-5/h7-14,26H,6H2,1-5H3/b19-9-,24-10-. The van der Waals surface area contributed by atoms with Gasteiger partial charge in [0.15, 0.2) is 0 Å². The molecule has 0 saturated heterocycles. The second kappa shape index (κ2) is 7.03. The van der Waals surface area contributed by atoms with Crippen LogP contribution in [0.5, 0.6) is 11.5 Å². The van der Waals surface area contributed by atoms with Crippen molar-refractivity contribution in [2.75, 3.05) is 7.05 Å². The van der Waals surface area contributed by atoms with Crippen molar-refractivity contribution in [1.82, 2.24) is 0 Å². The summed E-state index contributed by atoms with van der Waals surface area (Å²) in [4.78, 5) is 8.00. The molecule has 4 nitrogen and oxygen atoms in total. The molecule has 0 saturated carbocycles. The summed E-state index contributed by atoms with van der Waals surface area (Å²) in [6.07, 6.45) is 3.40. The van der Waals surface area contributed by atoms with Crippen molar-refractivity contribution in [3.05, 3.63) is 53.1 Å². The van der Waals surface area contributed by atoms with Crippen molar-refractivity contribution >= 4 is 18.6 Å². The molecule has 2 aromatic rings. The van der Waals surface area contributed by atoms with Crippen molar-refractivity contribution in [2.45, 2.75) is 39.2 Å². The van der Waals surface area contributed by atoms with Crippen LogP contribution in [0.15, 0.2) is 46.4 Å². The molecule has 0 fully saturated rings. The number of phenolic OH excluding ortho intramolecular Hbond substituents is 1. The van der Waals surface area contributed by atoms with Crippen LogP contribution in [0.3, 0.4) is 0 Å². The van der Waals surface area contributed by atoms with Gasteiger partial charge in [-0.15, -0.1) is 0 Å². The van der Waals surface area contributed by atoms with Crippen LogP contribution in [0.1, 0.15) is 50.3 Å². The Labute approximate surface area is 161 Å². The third-order valence-electron chi connectivity index (χ3n) is 4.92. The average molecular weight is 362 g/mol. The van der Waals surface area contributed by atoms with E-state index in [1.165, 1.54) is 5.56 Å². The van der Waals surface area contributed by atoms with Crippen molar-refractivity contribution in [3.8, 4) is 22.6 Å². The van der Waals surface area contributed by atoms with E-state index in [9.17, 15) is 5.11 Å². The van der Waals surface area contributed by atoms with Gasteiger partial charge < -0.3 is 9.84 Å². The molecule has 4 heteroatoms. The lowest BCUT2D eigenvalue weighted by Gasteiger charge is -2.36. The van der Waals surface area contributed by atoms with Gasteiger partial charge in [-0.25, -0.2) is 0 Å². The molecule has 1 aliphatic heterocycles. The minimum Gasteiger partial charge on any atom is -0.507 e. The SMILES string of the molecule is C=N/C(=C\C=N/C)c1cc(O)c2c(c1)OC(C)(C)c1cc(C(C)C)ccc1-2. The first-order valence-corrected chi connectivity index (χ1v) is 9.09. The van der Waals surface area contributed by atoms with E-state index in [-0.39, 0.29) is 5.75 Å². The molecule has 0 unspecified atom stereocenters. The normalized spacial score (nSPS) is 15.4. The van der Waals surface area contributed by atoms with Gasteiger partial charge in [0.2, 0.25) is 0 Å². The van der Waals surface area contributed by atoms with E-state index < -0.39 is 5.60 Å². The highest BCUT2D eigenvalue weighted by Gasteiger charge is 2.34. The fraction of sp³-hybridized carbons (Fsp3) is 0.304. The van der Waals surface area contributed by atoms with Crippen LogP contribution in [0.25, 0.3) is 16.8 Å². The van der Waals surface area contributed by atoms with Crippen LogP contribution in [0, 0.1) is 0 Å². The van der Waals surface area contributed by atoms with Crippen LogP contribution in [0.2, 0.25) is 0 Å². The number of aromatic hydroxyl groups is 1. The first-order valence-electron chi connectivity index (χ1n) is 9.09. The molecule has 0 aliphatic carbocycles. The summed E-state index contributed by atoms with van der Waals surface area (Å²) in [5.41, 5.74) is 4.91. The molecule has 0 radical (unpaired) electrons. The van der Waals surface area contributed by atoms with Gasteiger partial charge in [-0.3, -0.25) is 9.98 Å². The Balaban J connectivity index is 2.22. The molecule has 3 rings (SSSR count). The van der Waals surface area contributed by atoms with Gasteiger partial charge in [0, 0.05) is 24.4 Å². The van der Waals surface area contributed by atoms with Gasteiger partial charge in [0.05, 0.1) is 11.3 Å². The molecule has 0 atom stereocenters. The van der Waals surface area contributed by atoms with Gasteiger partial charge in [0.1, 0.15) is 17.1 Å². The first-order chi connectivity index (χ1) is 12.8. The molecule has 0 aromatic heterocycles. The summed E-state index contributed by atoms with van der Waals surface area (Å²) in [6, 6.07) is 9.99. The Bertz CT molecular complexity index is 953. The third kappa shape index (κ3) is 3.39. The zero-order valence-corrected chi connectivity index (χ0v) is 16.6. The van der Waals surface area contributed by atoms with E-state index in [2.05, 4.69) is 62.6 Å². The number of allylic oxidation sites excluding steroid dienone is 1. The Morgan fingerprint density at radius 2 is 1.96 bits per heavy atom. The van der Waals surface area contributed by atoms with E-state index in [1.54, 1.807) is 25.4 Å². The van der Waals surface area contributed by atoms with Crippen molar-refractivity contribution in [2.24, 2.45) is 9.98 Å². The Morgan fingerprint density at radius 1 is 1.22 bits per heavy atom. The predicted octanol–water partition coefficient (Wildman–Crippen LogP) is 5.55. The zero-order valence-electron chi connectivity index (χ0n) is 16.6. The number of ether oxygens (including phenoxy) is 1. The number of benzene rings is 2. The van der Waals surface area contributed by atoms with Crippen LogP contribution in [-0.2, 0) is 5.60 Å². The molecule has 140 valence electrons. The van der Waals surface area contributed by atoms with Gasteiger partial charge in [0.25, 0.3) is 0 Å². The monoisotopic (exact) mass is 362 g/mol. The highest BCUT2D eigenvalue weighted by molar-refractivity contribution is 5.89. The summed E-state index contributed by atoms with van der Waals surface area (Å²) < 4.78 is 6.32. The topological polar surface area (TPSA) is 54.2 Å². The Morgan fingerprint density at radius 3 is 2.59 bits per heavy atom. The summed E-state index contributed by atoms with van der Waals surface area (Å²) >= 11 is 0. The molecular formula is C23H26N2O2. The summed E-state index contributed by atoms with van der Waals surface area (Å²) in [5, 5.41) is 10.8. The second-order valence-electron chi connectivity index (χ2n) is 7.56. The van der Waals surface area contributed by atoms with Crippen molar-refractivity contribution in [3.63, 3.8) is 0 Å². The lowest BCUT2D eigenvalue weighted by atomic mass is 9.83. The molecular weight excluding hydrogens is 336 g/mol. The molecule has 2 aromatic carbocycles. The number of fused-ring (bicyclic) bond motifs is 3. The number of hydrogen-bond donors (Lipinski definition) is 1. The summed E-state index contributed by atoms with van der Waals surface area (Å²) in [5.74, 6) is 1.23. The maximum atomic E-state index is 10.8. The maximum absolute atomic E-state index is 10.8. The third-order valence-corrected chi connectivity index (χ3v) is 4.92. The Hall–Kier alpha value is -2.88. The minimum absolute atomic E-state index is 0.166. The smallest absolute Gasteiger partial charge is 0.132 e. The van der Waals surface area contributed by atoms with E-state index in [4.69, 9.17) is 4.74 Å². The lowest BCUT2D eigenvalue weighted by Crippen LogP contribution is -2.29. The Kier molecular flexibility index (Phi) is 4.92. The van der Waals surface area contributed by atoms with Gasteiger partial charge in [-0.2, -0.15) is 0 Å². The first kappa shape index (κ1) is 18.9. The lowest BCUT2D eigenvalue weighted by molar-refractivity contribution is 0.105. The fourth-order valence-electron chi connectivity index (χ4n) is 3.45. The van der Waals surface area contributed by atoms with Gasteiger partial charge in [-0.1, -0.05) is 32.0 Å². The molecule has 1 N–H and O–H groups in total. The number of aliphatic imine (C=N–C) groups is 2. The molecule has 1 aliphatic rings. The molecule has 1 heterocycles. The van der Waals surface area contributed by atoms with E-state index >= 15 is 0 Å². The second-order valence-corrected chi connectivity index (χ2v) is 7.56. The quantitative estimate of drug-likeness (QED) is 0.725. The van der Waals surface area contributed by atoms with Crippen LogP contribution in [-0.4, -0.2) is 25.1 Å². The number of hydrogen-bond acceptors (Lipinski definition) is 4. The van der Waals surface area contributed by atoms with Crippen LogP contribution in [0.4, 0.5) is 0 Å². The van der Waals surface area contributed by atoms with E-state index in [0.29, 0.717) is 17.4 Å². The molecule has 0 bridgehead atoms. The summed E-state index contributed by atoms with van der Waals surface area (Å²) in [6.45, 7) is 12.1. The molecule has 27 heavy (non-hydrogen) atoms. The summed E-state index contributed by atoms with van der Waals surface area (Å²) in [7, 11) is 1.69.